The Morgan fingerprint density at radius 1 is 1.25 bits per heavy atom. The van der Waals surface area contributed by atoms with Crippen LogP contribution >= 0.6 is 0 Å². The minimum absolute atomic E-state index is 0. The van der Waals surface area contributed by atoms with E-state index >= 15 is 0 Å². The predicted octanol–water partition coefficient (Wildman–Crippen LogP) is 0.876. The summed E-state index contributed by atoms with van der Waals surface area (Å²) in [6.07, 6.45) is 3.34. The van der Waals surface area contributed by atoms with Crippen LogP contribution in [0.2, 0.25) is 18.1 Å². The van der Waals surface area contributed by atoms with Crippen molar-refractivity contribution in [3.05, 3.63) is 11.6 Å². The molecule has 1 aliphatic rings. The van der Waals surface area contributed by atoms with Gasteiger partial charge in [-0.15, -0.1) is 6.10 Å². The van der Waals surface area contributed by atoms with Crippen molar-refractivity contribution >= 4 is 8.32 Å². The fraction of sp³-hybridized carbons (Fsp3) is 0.875. The summed E-state index contributed by atoms with van der Waals surface area (Å²) in [7, 11) is -1.60. The second-order valence-electron chi connectivity index (χ2n) is 6.55. The Labute approximate surface area is 138 Å². The Morgan fingerprint density at radius 2 is 1.75 bits per heavy atom. The molecule has 2 nitrogen and oxygen atoms in total. The molecule has 0 bridgehead atoms. The fourth-order valence-corrected chi connectivity index (χ4v) is 6.39. The van der Waals surface area contributed by atoms with Crippen LogP contribution in [0, 0.1) is 5.92 Å². The maximum absolute atomic E-state index is 12.0. The molecule has 0 aromatic rings. The zero-order chi connectivity index (χ0) is 14.7. The number of allylic oxidation sites excluding steroid dienone is 1. The van der Waals surface area contributed by atoms with E-state index in [9.17, 15) is 5.11 Å². The topological polar surface area (TPSA) is 32.3 Å². The number of hydrogen-bond acceptors (Lipinski definition) is 2. The van der Waals surface area contributed by atoms with Crippen LogP contribution in [0.25, 0.3) is 0 Å². The number of rotatable bonds is 6. The summed E-state index contributed by atoms with van der Waals surface area (Å²) in [6, 6.07) is 3.52. The molecule has 0 saturated carbocycles. The van der Waals surface area contributed by atoms with Gasteiger partial charge in [-0.25, -0.2) is 0 Å². The minimum atomic E-state index is -1.60. The summed E-state index contributed by atoms with van der Waals surface area (Å²) in [5.41, 5.74) is 0.853. The Bertz CT molecular complexity index is 316. The molecule has 112 valence electrons. The maximum atomic E-state index is 12.0. The van der Waals surface area contributed by atoms with Gasteiger partial charge in [0.1, 0.15) is 0 Å². The molecule has 0 aliphatic heterocycles. The van der Waals surface area contributed by atoms with Crippen molar-refractivity contribution in [3.63, 3.8) is 0 Å². The van der Waals surface area contributed by atoms with Crippen LogP contribution in [0.3, 0.4) is 0 Å². The first kappa shape index (κ1) is 20.5. The van der Waals surface area contributed by atoms with Crippen molar-refractivity contribution in [1.29, 1.82) is 0 Å². The average Bonchev–Trinajstić information content (AvgIpc) is 2.39. The SMILES string of the molecule is CC[Si](CC)(CC)OC(C)(C)[C@H]1CC=C(C)[C@H]([O-])C1.[Li+]. The molecule has 20 heavy (non-hydrogen) atoms. The largest absolute Gasteiger partial charge is 1.00 e. The standard InChI is InChI=1S/C16H31O2Si.Li/c1-7-19(8-2,9-3)18-16(5,6)14-11-10-13(4)15(17)12-14;/h10,14-15H,7-9,11-12H2,1-6H3;/q-1;+1/t14-,15+;/m0./s1. The molecule has 0 unspecified atom stereocenters. The van der Waals surface area contributed by atoms with E-state index in [2.05, 4.69) is 40.7 Å². The van der Waals surface area contributed by atoms with Gasteiger partial charge in [-0.1, -0.05) is 38.8 Å². The zero-order valence-corrected chi connectivity index (χ0v) is 15.6. The Balaban J connectivity index is 0.00000361. The first-order valence-corrected chi connectivity index (χ1v) is 10.4. The molecule has 4 heteroatoms. The van der Waals surface area contributed by atoms with Crippen molar-refractivity contribution < 1.29 is 28.4 Å². The molecule has 0 saturated heterocycles. The molecule has 0 heterocycles. The normalized spacial score (nSPS) is 24.1. The Hall–Kier alpha value is 0.474. The Morgan fingerprint density at radius 3 is 2.15 bits per heavy atom. The molecular formula is C16H31LiO2Si. The van der Waals surface area contributed by atoms with Gasteiger partial charge in [0.05, 0.1) is 5.60 Å². The van der Waals surface area contributed by atoms with Crippen LogP contribution in [0.4, 0.5) is 0 Å². The monoisotopic (exact) mass is 290 g/mol. The quantitative estimate of drug-likeness (QED) is 0.537. The van der Waals surface area contributed by atoms with Crippen LogP contribution in [0.15, 0.2) is 11.6 Å². The first-order valence-electron chi connectivity index (χ1n) is 7.82. The third kappa shape index (κ3) is 4.75. The summed E-state index contributed by atoms with van der Waals surface area (Å²) >= 11 is 0. The van der Waals surface area contributed by atoms with Gasteiger partial charge < -0.3 is 9.53 Å². The molecule has 0 amide bonds. The van der Waals surface area contributed by atoms with E-state index in [1.807, 2.05) is 6.92 Å². The predicted molar refractivity (Wildman–Crippen MR) is 82.6 cm³/mol. The molecule has 0 aromatic carbocycles. The van der Waals surface area contributed by atoms with E-state index in [-0.39, 0.29) is 24.5 Å². The van der Waals surface area contributed by atoms with Crippen molar-refractivity contribution in [2.45, 2.75) is 84.2 Å². The second-order valence-corrected chi connectivity index (χ2v) is 11.2. The molecule has 0 aromatic heterocycles. The molecule has 0 radical (unpaired) electrons. The van der Waals surface area contributed by atoms with Crippen LogP contribution in [-0.2, 0) is 4.43 Å². The maximum Gasteiger partial charge on any atom is 1.00 e. The van der Waals surface area contributed by atoms with E-state index < -0.39 is 14.4 Å². The van der Waals surface area contributed by atoms with Crippen molar-refractivity contribution in [1.82, 2.24) is 0 Å². The van der Waals surface area contributed by atoms with E-state index in [1.54, 1.807) is 0 Å². The third-order valence-corrected chi connectivity index (χ3v) is 9.95. The van der Waals surface area contributed by atoms with Crippen molar-refractivity contribution in [2.75, 3.05) is 0 Å². The minimum Gasteiger partial charge on any atom is -0.849 e. The molecule has 0 fully saturated rings. The van der Waals surface area contributed by atoms with Gasteiger partial charge in [-0.2, -0.15) is 0 Å². The van der Waals surface area contributed by atoms with Gasteiger partial charge in [0.25, 0.3) is 0 Å². The van der Waals surface area contributed by atoms with Gasteiger partial charge in [-0.05, 0) is 51.2 Å². The summed E-state index contributed by atoms with van der Waals surface area (Å²) < 4.78 is 6.67. The van der Waals surface area contributed by atoms with Crippen molar-refractivity contribution in [2.24, 2.45) is 5.92 Å². The van der Waals surface area contributed by atoms with Gasteiger partial charge >= 0.3 is 18.9 Å². The Kier molecular flexibility index (Phi) is 8.39. The van der Waals surface area contributed by atoms with E-state index in [0.29, 0.717) is 5.92 Å². The van der Waals surface area contributed by atoms with Gasteiger partial charge in [-0.3, -0.25) is 0 Å². The third-order valence-electron chi connectivity index (χ3n) is 5.13. The van der Waals surface area contributed by atoms with Gasteiger partial charge in [0.2, 0.25) is 0 Å². The molecule has 2 atom stereocenters. The van der Waals surface area contributed by atoms with Crippen LogP contribution < -0.4 is 24.0 Å². The van der Waals surface area contributed by atoms with E-state index in [4.69, 9.17) is 4.43 Å². The van der Waals surface area contributed by atoms with Gasteiger partial charge in [0.15, 0.2) is 8.32 Å². The van der Waals surface area contributed by atoms with Gasteiger partial charge in [0, 0.05) is 0 Å². The molecule has 1 rings (SSSR count). The van der Waals surface area contributed by atoms with Crippen LogP contribution in [-0.4, -0.2) is 20.0 Å². The molecule has 1 aliphatic carbocycles. The zero-order valence-electron chi connectivity index (χ0n) is 14.6. The van der Waals surface area contributed by atoms with Crippen LogP contribution in [0.5, 0.6) is 0 Å². The fourth-order valence-electron chi connectivity index (χ4n) is 3.18. The molecule has 0 spiro atoms. The van der Waals surface area contributed by atoms with E-state index in [0.717, 1.165) is 18.4 Å². The number of hydrogen-bond donors (Lipinski definition) is 0. The summed E-state index contributed by atoms with van der Waals surface area (Å²) in [4.78, 5) is 0. The summed E-state index contributed by atoms with van der Waals surface area (Å²) in [5, 5.41) is 12.0. The summed E-state index contributed by atoms with van der Waals surface area (Å²) in [5.74, 6) is 0.371. The smallest absolute Gasteiger partial charge is 0.849 e. The first-order chi connectivity index (χ1) is 8.80. The van der Waals surface area contributed by atoms with Crippen molar-refractivity contribution in [3.8, 4) is 0 Å². The molecular weight excluding hydrogens is 259 g/mol. The molecule has 0 N–H and O–H groups in total. The average molecular weight is 290 g/mol. The van der Waals surface area contributed by atoms with E-state index in [1.165, 1.54) is 18.1 Å². The second kappa shape index (κ2) is 8.20. The summed E-state index contributed by atoms with van der Waals surface area (Å²) in [6.45, 7) is 13.1. The van der Waals surface area contributed by atoms with Crippen LogP contribution in [0.1, 0.15) is 54.4 Å².